The van der Waals surface area contributed by atoms with Gasteiger partial charge in [0.2, 0.25) is 5.82 Å². The Hall–Kier alpha value is -1.86. The maximum atomic E-state index is 8.76. The van der Waals surface area contributed by atoms with Crippen LogP contribution in [0.3, 0.4) is 0 Å². The van der Waals surface area contributed by atoms with Crippen molar-refractivity contribution in [3.63, 3.8) is 0 Å². The highest BCUT2D eigenvalue weighted by Crippen LogP contribution is 2.07. The molecule has 0 aliphatic rings. The van der Waals surface area contributed by atoms with E-state index in [9.17, 15) is 0 Å². The average molecular weight is 219 g/mol. The Balaban J connectivity index is 2.26. The molecule has 0 aromatic carbocycles. The molecule has 74 valence electrons. The summed E-state index contributed by atoms with van der Waals surface area (Å²) in [5.74, 6) is 0.372. The lowest BCUT2D eigenvalue weighted by atomic mass is 10.3. The molecular weight excluding hydrogens is 212 g/mol. The summed E-state index contributed by atoms with van der Waals surface area (Å²) in [6.07, 6.45) is 3.32. The third-order valence-corrected chi connectivity index (χ3v) is 2.13. The van der Waals surface area contributed by atoms with Crippen molar-refractivity contribution in [2.75, 3.05) is 0 Å². The molecule has 2 aromatic heterocycles. The van der Waals surface area contributed by atoms with Crippen molar-refractivity contribution >= 4 is 11.6 Å². The minimum atomic E-state index is 0.372. The van der Waals surface area contributed by atoms with Gasteiger partial charge >= 0.3 is 0 Å². The Morgan fingerprint density at radius 2 is 2.33 bits per heavy atom. The predicted molar refractivity (Wildman–Crippen MR) is 55.3 cm³/mol. The van der Waals surface area contributed by atoms with Crippen LogP contribution in [0.5, 0.6) is 0 Å². The zero-order valence-electron chi connectivity index (χ0n) is 7.76. The van der Waals surface area contributed by atoms with E-state index in [4.69, 9.17) is 16.9 Å². The SMILES string of the molecule is N#Cc1nccn1Cc1cccc(Cl)n1. The first kappa shape index (κ1) is 9.69. The minimum Gasteiger partial charge on any atom is -0.317 e. The lowest BCUT2D eigenvalue weighted by Gasteiger charge is -2.02. The molecule has 0 amide bonds. The number of rotatable bonds is 2. The van der Waals surface area contributed by atoms with Crippen LogP contribution in [0.1, 0.15) is 11.5 Å². The van der Waals surface area contributed by atoms with Crippen molar-refractivity contribution in [1.82, 2.24) is 14.5 Å². The second-order valence-corrected chi connectivity index (χ2v) is 3.33. The third kappa shape index (κ3) is 2.14. The molecule has 5 heteroatoms. The summed E-state index contributed by atoms with van der Waals surface area (Å²) >= 11 is 5.76. The van der Waals surface area contributed by atoms with Crippen LogP contribution in [0.25, 0.3) is 0 Å². The third-order valence-electron chi connectivity index (χ3n) is 1.92. The van der Waals surface area contributed by atoms with Crippen LogP contribution in [0, 0.1) is 11.3 Å². The second kappa shape index (κ2) is 4.11. The van der Waals surface area contributed by atoms with E-state index in [1.165, 1.54) is 0 Å². The van der Waals surface area contributed by atoms with Gasteiger partial charge in [-0.15, -0.1) is 0 Å². The zero-order valence-corrected chi connectivity index (χ0v) is 8.52. The van der Waals surface area contributed by atoms with E-state index in [-0.39, 0.29) is 0 Å². The minimum absolute atomic E-state index is 0.372. The first-order valence-corrected chi connectivity index (χ1v) is 4.70. The Morgan fingerprint density at radius 1 is 1.47 bits per heavy atom. The first-order chi connectivity index (χ1) is 7.29. The zero-order chi connectivity index (χ0) is 10.7. The Kier molecular flexibility index (Phi) is 2.66. The summed E-state index contributed by atoms with van der Waals surface area (Å²) in [6, 6.07) is 7.40. The Labute approximate surface area is 91.8 Å². The van der Waals surface area contributed by atoms with Gasteiger partial charge in [0.1, 0.15) is 11.2 Å². The number of hydrogen-bond acceptors (Lipinski definition) is 3. The molecule has 0 radical (unpaired) electrons. The van der Waals surface area contributed by atoms with Crippen LogP contribution in [-0.2, 0) is 6.54 Å². The van der Waals surface area contributed by atoms with Gasteiger partial charge in [0.15, 0.2) is 0 Å². The Morgan fingerprint density at radius 3 is 3.07 bits per heavy atom. The van der Waals surface area contributed by atoms with E-state index in [1.54, 1.807) is 23.0 Å². The molecule has 0 unspecified atom stereocenters. The van der Waals surface area contributed by atoms with E-state index in [0.717, 1.165) is 5.69 Å². The highest BCUT2D eigenvalue weighted by Gasteiger charge is 2.02. The molecule has 0 saturated carbocycles. The summed E-state index contributed by atoms with van der Waals surface area (Å²) in [7, 11) is 0. The summed E-state index contributed by atoms with van der Waals surface area (Å²) in [6.45, 7) is 0.503. The summed E-state index contributed by atoms with van der Waals surface area (Å²) in [5, 5.41) is 9.21. The van der Waals surface area contributed by atoms with Crippen LogP contribution in [0.15, 0.2) is 30.6 Å². The summed E-state index contributed by atoms with van der Waals surface area (Å²) < 4.78 is 1.72. The number of imidazole rings is 1. The smallest absolute Gasteiger partial charge is 0.213 e. The van der Waals surface area contributed by atoms with E-state index >= 15 is 0 Å². The van der Waals surface area contributed by atoms with Crippen molar-refractivity contribution in [1.29, 1.82) is 5.26 Å². The van der Waals surface area contributed by atoms with Crippen molar-refractivity contribution in [2.24, 2.45) is 0 Å². The number of hydrogen-bond donors (Lipinski definition) is 0. The fourth-order valence-corrected chi connectivity index (χ4v) is 1.44. The molecule has 0 aliphatic heterocycles. The van der Waals surface area contributed by atoms with Gasteiger partial charge in [-0.25, -0.2) is 9.97 Å². The molecule has 0 atom stereocenters. The first-order valence-electron chi connectivity index (χ1n) is 4.32. The van der Waals surface area contributed by atoms with Crippen LogP contribution in [-0.4, -0.2) is 14.5 Å². The van der Waals surface area contributed by atoms with Crippen molar-refractivity contribution in [3.05, 3.63) is 47.3 Å². The van der Waals surface area contributed by atoms with Gasteiger partial charge in [0.05, 0.1) is 12.2 Å². The molecule has 2 rings (SSSR count). The van der Waals surface area contributed by atoms with Crippen LogP contribution in [0.2, 0.25) is 5.15 Å². The molecule has 0 N–H and O–H groups in total. The molecule has 15 heavy (non-hydrogen) atoms. The summed E-state index contributed by atoms with van der Waals surface area (Å²) in [5.41, 5.74) is 0.803. The monoisotopic (exact) mass is 218 g/mol. The van der Waals surface area contributed by atoms with E-state index in [2.05, 4.69) is 9.97 Å². The van der Waals surface area contributed by atoms with Gasteiger partial charge in [-0.2, -0.15) is 5.26 Å². The second-order valence-electron chi connectivity index (χ2n) is 2.94. The molecule has 0 spiro atoms. The number of pyridine rings is 1. The van der Waals surface area contributed by atoms with E-state index in [1.807, 2.05) is 18.2 Å². The van der Waals surface area contributed by atoms with E-state index in [0.29, 0.717) is 17.5 Å². The van der Waals surface area contributed by atoms with Crippen molar-refractivity contribution < 1.29 is 0 Å². The molecule has 4 nitrogen and oxygen atoms in total. The summed E-state index contributed by atoms with van der Waals surface area (Å²) in [4.78, 5) is 8.03. The Bertz CT molecular complexity index is 512. The topological polar surface area (TPSA) is 54.5 Å². The van der Waals surface area contributed by atoms with Crippen LogP contribution < -0.4 is 0 Å². The number of halogens is 1. The standard InChI is InChI=1S/C10H7ClN4/c11-9-3-1-2-8(14-9)7-15-5-4-13-10(15)6-12/h1-5H,7H2. The molecule has 0 fully saturated rings. The maximum absolute atomic E-state index is 8.76. The van der Waals surface area contributed by atoms with Crippen LogP contribution >= 0.6 is 11.6 Å². The molecule has 0 aliphatic carbocycles. The van der Waals surface area contributed by atoms with Gasteiger partial charge < -0.3 is 4.57 Å². The van der Waals surface area contributed by atoms with E-state index < -0.39 is 0 Å². The molecule has 2 heterocycles. The van der Waals surface area contributed by atoms with Gasteiger partial charge in [-0.1, -0.05) is 17.7 Å². The normalized spacial score (nSPS) is 9.87. The van der Waals surface area contributed by atoms with Gasteiger partial charge in [0.25, 0.3) is 0 Å². The fraction of sp³-hybridized carbons (Fsp3) is 0.100. The molecule has 0 saturated heterocycles. The highest BCUT2D eigenvalue weighted by atomic mass is 35.5. The lowest BCUT2D eigenvalue weighted by Crippen LogP contribution is -2.03. The number of aromatic nitrogens is 3. The molecule has 2 aromatic rings. The van der Waals surface area contributed by atoms with Gasteiger partial charge in [0, 0.05) is 12.4 Å². The largest absolute Gasteiger partial charge is 0.317 e. The highest BCUT2D eigenvalue weighted by molar-refractivity contribution is 6.29. The quantitative estimate of drug-likeness (QED) is 0.723. The lowest BCUT2D eigenvalue weighted by molar-refractivity contribution is 0.760. The maximum Gasteiger partial charge on any atom is 0.213 e. The number of nitrogens with zero attached hydrogens (tertiary/aromatic N) is 4. The predicted octanol–water partition coefficient (Wildman–Crippen LogP) is 1.85. The van der Waals surface area contributed by atoms with Crippen molar-refractivity contribution in [2.45, 2.75) is 6.54 Å². The van der Waals surface area contributed by atoms with Gasteiger partial charge in [-0.05, 0) is 12.1 Å². The molecular formula is C10H7ClN4. The van der Waals surface area contributed by atoms with Crippen molar-refractivity contribution in [3.8, 4) is 6.07 Å². The van der Waals surface area contributed by atoms with Gasteiger partial charge in [-0.3, -0.25) is 0 Å². The fourth-order valence-electron chi connectivity index (χ4n) is 1.26. The average Bonchev–Trinajstić information content (AvgIpc) is 2.65. The number of nitriles is 1. The molecule has 0 bridgehead atoms. The van der Waals surface area contributed by atoms with Crippen LogP contribution in [0.4, 0.5) is 0 Å².